The second-order valence-corrected chi connectivity index (χ2v) is 5.79. The smallest absolute Gasteiger partial charge is 0.167 e. The van der Waals surface area contributed by atoms with Gasteiger partial charge in [0.25, 0.3) is 0 Å². The third-order valence-electron chi connectivity index (χ3n) is 3.98. The Hall–Kier alpha value is -1.60. The SMILES string of the molecule is O=C(Cc1ccccc1Cl)c1ccc2c(c1)CCCC2. The molecule has 0 N–H and O–H groups in total. The molecule has 2 heteroatoms. The van der Waals surface area contributed by atoms with Crippen LogP contribution in [-0.2, 0) is 19.3 Å². The van der Waals surface area contributed by atoms with Gasteiger partial charge in [0.2, 0.25) is 0 Å². The first-order valence-corrected chi connectivity index (χ1v) is 7.50. The van der Waals surface area contributed by atoms with Crippen molar-refractivity contribution in [3.63, 3.8) is 0 Å². The van der Waals surface area contributed by atoms with Crippen LogP contribution in [0.3, 0.4) is 0 Å². The molecule has 3 rings (SSSR count). The first-order chi connectivity index (χ1) is 9.74. The van der Waals surface area contributed by atoms with Crippen molar-refractivity contribution in [3.8, 4) is 0 Å². The largest absolute Gasteiger partial charge is 0.294 e. The second-order valence-electron chi connectivity index (χ2n) is 5.38. The number of fused-ring (bicyclic) bond motifs is 1. The Morgan fingerprint density at radius 2 is 1.75 bits per heavy atom. The Balaban J connectivity index is 1.82. The van der Waals surface area contributed by atoms with Crippen molar-refractivity contribution in [2.75, 3.05) is 0 Å². The zero-order valence-electron chi connectivity index (χ0n) is 11.4. The van der Waals surface area contributed by atoms with E-state index in [0.717, 1.165) is 24.0 Å². The summed E-state index contributed by atoms with van der Waals surface area (Å²) < 4.78 is 0. The highest BCUT2D eigenvalue weighted by atomic mass is 35.5. The van der Waals surface area contributed by atoms with E-state index in [9.17, 15) is 4.79 Å². The van der Waals surface area contributed by atoms with Crippen molar-refractivity contribution in [2.45, 2.75) is 32.1 Å². The summed E-state index contributed by atoms with van der Waals surface area (Å²) in [6.07, 6.45) is 5.12. The highest BCUT2D eigenvalue weighted by Crippen LogP contribution is 2.23. The van der Waals surface area contributed by atoms with Crippen LogP contribution in [0, 0.1) is 0 Å². The molecule has 102 valence electrons. The minimum absolute atomic E-state index is 0.145. The maximum atomic E-state index is 12.4. The number of ketones is 1. The maximum absolute atomic E-state index is 12.4. The van der Waals surface area contributed by atoms with Crippen LogP contribution >= 0.6 is 11.6 Å². The summed E-state index contributed by atoms with van der Waals surface area (Å²) in [6, 6.07) is 13.7. The number of benzene rings is 2. The summed E-state index contributed by atoms with van der Waals surface area (Å²) in [7, 11) is 0. The predicted octanol–water partition coefficient (Wildman–Crippen LogP) is 4.64. The molecule has 0 spiro atoms. The molecule has 0 amide bonds. The predicted molar refractivity (Wildman–Crippen MR) is 82.6 cm³/mol. The minimum atomic E-state index is 0.145. The number of hydrogen-bond acceptors (Lipinski definition) is 1. The number of rotatable bonds is 3. The first-order valence-electron chi connectivity index (χ1n) is 7.12. The van der Waals surface area contributed by atoms with Crippen molar-refractivity contribution in [1.29, 1.82) is 0 Å². The molecule has 0 unspecified atom stereocenters. The van der Waals surface area contributed by atoms with E-state index < -0.39 is 0 Å². The lowest BCUT2D eigenvalue weighted by Gasteiger charge is -2.16. The normalized spacial score (nSPS) is 13.8. The fraction of sp³-hybridized carbons (Fsp3) is 0.278. The number of Topliss-reactive ketones (excluding diaryl/α,β-unsaturated/α-hetero) is 1. The fourth-order valence-corrected chi connectivity index (χ4v) is 3.03. The topological polar surface area (TPSA) is 17.1 Å². The molecule has 20 heavy (non-hydrogen) atoms. The zero-order chi connectivity index (χ0) is 13.9. The molecule has 0 atom stereocenters. The van der Waals surface area contributed by atoms with Gasteiger partial charge in [0.05, 0.1) is 0 Å². The molecule has 1 aliphatic carbocycles. The van der Waals surface area contributed by atoms with Crippen molar-refractivity contribution < 1.29 is 4.79 Å². The number of carbonyl (C=O) groups is 1. The molecule has 0 saturated heterocycles. The Morgan fingerprint density at radius 1 is 1.00 bits per heavy atom. The van der Waals surface area contributed by atoms with Gasteiger partial charge >= 0.3 is 0 Å². The van der Waals surface area contributed by atoms with E-state index in [4.69, 9.17) is 11.6 Å². The van der Waals surface area contributed by atoms with Crippen molar-refractivity contribution in [1.82, 2.24) is 0 Å². The summed E-state index contributed by atoms with van der Waals surface area (Å²) in [6.45, 7) is 0. The highest BCUT2D eigenvalue weighted by Gasteiger charge is 2.14. The van der Waals surface area contributed by atoms with Crippen molar-refractivity contribution in [2.24, 2.45) is 0 Å². The maximum Gasteiger partial charge on any atom is 0.167 e. The lowest BCUT2D eigenvalue weighted by Crippen LogP contribution is -2.08. The molecule has 0 radical (unpaired) electrons. The summed E-state index contributed by atoms with van der Waals surface area (Å²) in [5, 5.41) is 0.666. The van der Waals surface area contributed by atoms with E-state index >= 15 is 0 Å². The van der Waals surface area contributed by atoms with Gasteiger partial charge in [0.1, 0.15) is 0 Å². The zero-order valence-corrected chi connectivity index (χ0v) is 12.1. The van der Waals surface area contributed by atoms with Crippen LogP contribution in [0.2, 0.25) is 5.02 Å². The number of carbonyl (C=O) groups excluding carboxylic acids is 1. The minimum Gasteiger partial charge on any atom is -0.294 e. The molecular formula is C18H17ClO. The fourth-order valence-electron chi connectivity index (χ4n) is 2.82. The molecule has 0 aliphatic heterocycles. The molecule has 0 saturated carbocycles. The van der Waals surface area contributed by atoms with E-state index in [1.165, 1.54) is 24.0 Å². The third kappa shape index (κ3) is 2.78. The van der Waals surface area contributed by atoms with Gasteiger partial charge in [0.15, 0.2) is 5.78 Å². The monoisotopic (exact) mass is 284 g/mol. The second kappa shape index (κ2) is 5.80. The highest BCUT2D eigenvalue weighted by molar-refractivity contribution is 6.31. The van der Waals surface area contributed by atoms with Gasteiger partial charge in [-0.25, -0.2) is 0 Å². The van der Waals surface area contributed by atoms with Gasteiger partial charge in [-0.3, -0.25) is 4.79 Å². The van der Waals surface area contributed by atoms with Gasteiger partial charge in [-0.05, 0) is 54.5 Å². The molecule has 0 aromatic heterocycles. The van der Waals surface area contributed by atoms with Crippen LogP contribution in [0.5, 0.6) is 0 Å². The van der Waals surface area contributed by atoms with Gasteiger partial charge in [-0.1, -0.05) is 41.9 Å². The Bertz CT molecular complexity index is 646. The van der Waals surface area contributed by atoms with Crippen LogP contribution < -0.4 is 0 Å². The van der Waals surface area contributed by atoms with Crippen molar-refractivity contribution in [3.05, 3.63) is 69.7 Å². The van der Waals surface area contributed by atoms with E-state index in [1.54, 1.807) is 0 Å². The molecule has 0 bridgehead atoms. The Morgan fingerprint density at radius 3 is 2.55 bits per heavy atom. The van der Waals surface area contributed by atoms with Gasteiger partial charge < -0.3 is 0 Å². The lowest BCUT2D eigenvalue weighted by atomic mass is 9.89. The number of halogens is 1. The molecule has 0 heterocycles. The molecule has 2 aromatic carbocycles. The summed E-state index contributed by atoms with van der Waals surface area (Å²) in [5.41, 5.74) is 4.47. The molecule has 1 aliphatic rings. The summed E-state index contributed by atoms with van der Waals surface area (Å²) in [4.78, 5) is 12.4. The average molecular weight is 285 g/mol. The van der Waals surface area contributed by atoms with E-state index in [-0.39, 0.29) is 5.78 Å². The van der Waals surface area contributed by atoms with E-state index in [0.29, 0.717) is 11.4 Å². The van der Waals surface area contributed by atoms with Crippen LogP contribution in [0.1, 0.15) is 39.9 Å². The lowest BCUT2D eigenvalue weighted by molar-refractivity contribution is 0.0993. The standard InChI is InChI=1S/C18H17ClO/c19-17-8-4-3-7-15(17)12-18(20)16-10-9-13-5-1-2-6-14(13)11-16/h3-4,7-11H,1-2,5-6,12H2. The summed E-state index contributed by atoms with van der Waals surface area (Å²) in [5.74, 6) is 0.145. The molecule has 1 nitrogen and oxygen atoms in total. The van der Waals surface area contributed by atoms with Crippen LogP contribution in [0.15, 0.2) is 42.5 Å². The Kier molecular flexibility index (Phi) is 3.88. The first kappa shape index (κ1) is 13.4. The van der Waals surface area contributed by atoms with Crippen LogP contribution in [-0.4, -0.2) is 5.78 Å². The van der Waals surface area contributed by atoms with Crippen LogP contribution in [0.25, 0.3) is 0 Å². The quantitative estimate of drug-likeness (QED) is 0.750. The molecule has 0 fully saturated rings. The third-order valence-corrected chi connectivity index (χ3v) is 4.35. The van der Waals surface area contributed by atoms with Crippen molar-refractivity contribution >= 4 is 17.4 Å². The molecule has 2 aromatic rings. The summed E-state index contributed by atoms with van der Waals surface area (Å²) >= 11 is 6.12. The number of hydrogen-bond donors (Lipinski definition) is 0. The Labute approximate surface area is 124 Å². The van der Waals surface area contributed by atoms with Gasteiger partial charge in [-0.15, -0.1) is 0 Å². The average Bonchev–Trinajstić information content (AvgIpc) is 2.49. The number of aryl methyl sites for hydroxylation is 2. The van der Waals surface area contributed by atoms with E-state index in [2.05, 4.69) is 12.1 Å². The van der Waals surface area contributed by atoms with Gasteiger partial charge in [0, 0.05) is 17.0 Å². The molecular weight excluding hydrogens is 268 g/mol. The van der Waals surface area contributed by atoms with Gasteiger partial charge in [-0.2, -0.15) is 0 Å². The van der Waals surface area contributed by atoms with E-state index in [1.807, 2.05) is 30.3 Å². The van der Waals surface area contributed by atoms with Crippen LogP contribution in [0.4, 0.5) is 0 Å².